The molecule has 2 N–H and O–H groups in total. The van der Waals surface area contributed by atoms with Crippen molar-refractivity contribution in [3.05, 3.63) is 5.89 Å². The number of aromatic nitrogens is 2. The summed E-state index contributed by atoms with van der Waals surface area (Å²) in [5.41, 5.74) is 5.39. The van der Waals surface area contributed by atoms with Crippen molar-refractivity contribution in [1.29, 1.82) is 0 Å². The fourth-order valence-electron chi connectivity index (χ4n) is 1.31. The van der Waals surface area contributed by atoms with Crippen LogP contribution in [-0.2, 0) is 11.3 Å². The lowest BCUT2D eigenvalue weighted by molar-refractivity contribution is 0.130. The maximum atomic E-state index is 5.53. The van der Waals surface area contributed by atoms with Gasteiger partial charge in [0.05, 0.1) is 13.2 Å². The predicted molar refractivity (Wildman–Crippen MR) is 59.0 cm³/mol. The van der Waals surface area contributed by atoms with E-state index in [-0.39, 0.29) is 6.54 Å². The first-order valence-electron chi connectivity index (χ1n) is 5.61. The van der Waals surface area contributed by atoms with Gasteiger partial charge in [0.15, 0.2) is 0 Å². The second-order valence-corrected chi connectivity index (χ2v) is 4.12. The second-order valence-electron chi connectivity index (χ2n) is 4.12. The third-order valence-electron chi connectivity index (χ3n) is 2.58. The lowest BCUT2D eigenvalue weighted by atomic mass is 10.5. The van der Waals surface area contributed by atoms with Crippen molar-refractivity contribution < 1.29 is 9.15 Å². The van der Waals surface area contributed by atoms with Gasteiger partial charge in [-0.3, -0.25) is 0 Å². The van der Waals surface area contributed by atoms with E-state index in [4.69, 9.17) is 14.9 Å². The van der Waals surface area contributed by atoms with E-state index in [1.807, 2.05) is 11.9 Å². The summed E-state index contributed by atoms with van der Waals surface area (Å²) >= 11 is 0. The van der Waals surface area contributed by atoms with Crippen LogP contribution in [-0.4, -0.2) is 37.0 Å². The van der Waals surface area contributed by atoms with Crippen LogP contribution in [0.2, 0.25) is 0 Å². The molecule has 90 valence electrons. The Kier molecular flexibility index (Phi) is 3.74. The molecule has 1 aliphatic carbocycles. The SMILES string of the molecule is CN(CCOCC1CC1)c1nnc(CN)o1. The summed E-state index contributed by atoms with van der Waals surface area (Å²) in [5.74, 6) is 1.26. The van der Waals surface area contributed by atoms with Crippen LogP contribution >= 0.6 is 0 Å². The molecule has 1 fully saturated rings. The summed E-state index contributed by atoms with van der Waals surface area (Å²) in [6.07, 6.45) is 2.64. The first kappa shape index (κ1) is 11.3. The number of anilines is 1. The summed E-state index contributed by atoms with van der Waals surface area (Å²) in [5, 5.41) is 7.68. The molecule has 1 aromatic heterocycles. The predicted octanol–water partition coefficient (Wildman–Crippen LogP) is 0.391. The molecule has 0 radical (unpaired) electrons. The monoisotopic (exact) mass is 226 g/mol. The van der Waals surface area contributed by atoms with Crippen molar-refractivity contribution in [3.63, 3.8) is 0 Å². The molecule has 1 aromatic rings. The highest BCUT2D eigenvalue weighted by Crippen LogP contribution is 2.28. The Morgan fingerprint density at radius 3 is 2.94 bits per heavy atom. The third-order valence-corrected chi connectivity index (χ3v) is 2.58. The zero-order chi connectivity index (χ0) is 11.4. The van der Waals surface area contributed by atoms with Crippen LogP contribution in [0.5, 0.6) is 0 Å². The van der Waals surface area contributed by atoms with Crippen molar-refractivity contribution in [3.8, 4) is 0 Å². The van der Waals surface area contributed by atoms with E-state index >= 15 is 0 Å². The van der Waals surface area contributed by atoms with Gasteiger partial charge in [0.1, 0.15) is 0 Å². The van der Waals surface area contributed by atoms with Crippen molar-refractivity contribution >= 4 is 6.01 Å². The first-order valence-corrected chi connectivity index (χ1v) is 5.61. The average Bonchev–Trinajstić information content (AvgIpc) is 2.99. The molecule has 0 aromatic carbocycles. The van der Waals surface area contributed by atoms with E-state index in [9.17, 15) is 0 Å². The molecule has 0 unspecified atom stereocenters. The van der Waals surface area contributed by atoms with Gasteiger partial charge in [-0.05, 0) is 18.8 Å². The fourth-order valence-corrected chi connectivity index (χ4v) is 1.31. The topological polar surface area (TPSA) is 77.4 Å². The summed E-state index contributed by atoms with van der Waals surface area (Å²) in [6.45, 7) is 2.59. The summed E-state index contributed by atoms with van der Waals surface area (Å²) in [7, 11) is 1.90. The largest absolute Gasteiger partial charge is 0.407 e. The highest BCUT2D eigenvalue weighted by molar-refractivity contribution is 5.21. The fraction of sp³-hybridized carbons (Fsp3) is 0.800. The Bertz CT molecular complexity index is 324. The van der Waals surface area contributed by atoms with Gasteiger partial charge in [-0.1, -0.05) is 5.10 Å². The van der Waals surface area contributed by atoms with E-state index < -0.39 is 0 Å². The minimum atomic E-state index is 0.277. The van der Waals surface area contributed by atoms with E-state index in [1.54, 1.807) is 0 Å². The molecule has 1 saturated carbocycles. The van der Waals surface area contributed by atoms with Crippen LogP contribution < -0.4 is 10.6 Å². The zero-order valence-electron chi connectivity index (χ0n) is 9.56. The molecule has 2 rings (SSSR count). The molecular weight excluding hydrogens is 208 g/mol. The van der Waals surface area contributed by atoms with E-state index in [1.165, 1.54) is 12.8 Å². The molecule has 6 nitrogen and oxygen atoms in total. The number of hydrogen-bond acceptors (Lipinski definition) is 6. The Balaban J connectivity index is 1.67. The molecule has 0 amide bonds. The summed E-state index contributed by atoms with van der Waals surface area (Å²) in [6, 6.07) is 0.496. The first-order chi connectivity index (χ1) is 7.79. The van der Waals surface area contributed by atoms with Gasteiger partial charge in [0, 0.05) is 20.2 Å². The van der Waals surface area contributed by atoms with Crippen LogP contribution in [0.3, 0.4) is 0 Å². The number of ether oxygens (including phenoxy) is 1. The number of hydrogen-bond donors (Lipinski definition) is 1. The normalized spacial score (nSPS) is 15.4. The molecule has 0 aliphatic heterocycles. The second kappa shape index (κ2) is 5.27. The standard InChI is InChI=1S/C10H18N4O2/c1-14(4-5-15-7-8-2-3-8)10-13-12-9(6-11)16-10/h8H,2-7,11H2,1H3. The van der Waals surface area contributed by atoms with Crippen molar-refractivity contribution in [1.82, 2.24) is 10.2 Å². The highest BCUT2D eigenvalue weighted by Gasteiger charge is 2.21. The van der Waals surface area contributed by atoms with Gasteiger partial charge in [0.2, 0.25) is 5.89 Å². The molecule has 1 aliphatic rings. The van der Waals surface area contributed by atoms with Crippen LogP contribution in [0.4, 0.5) is 6.01 Å². The molecular formula is C10H18N4O2. The van der Waals surface area contributed by atoms with Crippen LogP contribution in [0.1, 0.15) is 18.7 Å². The van der Waals surface area contributed by atoms with Crippen molar-refractivity contribution in [2.75, 3.05) is 31.7 Å². The minimum absolute atomic E-state index is 0.277. The minimum Gasteiger partial charge on any atom is -0.407 e. The van der Waals surface area contributed by atoms with Crippen molar-refractivity contribution in [2.24, 2.45) is 11.7 Å². The Hall–Kier alpha value is -1.14. The van der Waals surface area contributed by atoms with Gasteiger partial charge in [0.25, 0.3) is 0 Å². The van der Waals surface area contributed by atoms with Crippen molar-refractivity contribution in [2.45, 2.75) is 19.4 Å². The lowest BCUT2D eigenvalue weighted by Gasteiger charge is -2.13. The van der Waals surface area contributed by atoms with Gasteiger partial charge in [-0.15, -0.1) is 5.10 Å². The van der Waals surface area contributed by atoms with E-state index in [0.717, 1.165) is 19.1 Å². The molecule has 0 saturated heterocycles. The molecule has 6 heteroatoms. The lowest BCUT2D eigenvalue weighted by Crippen LogP contribution is -2.23. The van der Waals surface area contributed by atoms with Gasteiger partial charge in [-0.25, -0.2) is 0 Å². The number of rotatable bonds is 7. The molecule has 0 bridgehead atoms. The zero-order valence-corrected chi connectivity index (χ0v) is 9.56. The average molecular weight is 226 g/mol. The number of likely N-dealkylation sites (N-methyl/N-ethyl adjacent to an activating group) is 1. The van der Waals surface area contributed by atoms with E-state index in [2.05, 4.69) is 10.2 Å². The maximum Gasteiger partial charge on any atom is 0.318 e. The molecule has 16 heavy (non-hydrogen) atoms. The highest BCUT2D eigenvalue weighted by atomic mass is 16.5. The third kappa shape index (κ3) is 3.18. The van der Waals surface area contributed by atoms with Crippen LogP contribution in [0.25, 0.3) is 0 Å². The summed E-state index contributed by atoms with van der Waals surface area (Å²) < 4.78 is 10.8. The smallest absolute Gasteiger partial charge is 0.318 e. The summed E-state index contributed by atoms with van der Waals surface area (Å²) in [4.78, 5) is 1.87. The van der Waals surface area contributed by atoms with Gasteiger partial charge < -0.3 is 19.8 Å². The Morgan fingerprint density at radius 1 is 1.50 bits per heavy atom. The quantitative estimate of drug-likeness (QED) is 0.678. The van der Waals surface area contributed by atoms with E-state index in [0.29, 0.717) is 18.5 Å². The van der Waals surface area contributed by atoms with Gasteiger partial charge >= 0.3 is 6.01 Å². The number of nitrogens with zero attached hydrogens (tertiary/aromatic N) is 3. The molecule has 0 spiro atoms. The molecule has 1 heterocycles. The number of nitrogens with two attached hydrogens (primary N) is 1. The maximum absolute atomic E-state index is 5.53. The van der Waals surface area contributed by atoms with Gasteiger partial charge in [-0.2, -0.15) is 0 Å². The Labute approximate surface area is 94.8 Å². The van der Waals surface area contributed by atoms with Crippen LogP contribution in [0, 0.1) is 5.92 Å². The Morgan fingerprint density at radius 2 is 2.31 bits per heavy atom. The molecule has 0 atom stereocenters. The van der Waals surface area contributed by atoms with Crippen LogP contribution in [0.15, 0.2) is 4.42 Å².